The summed E-state index contributed by atoms with van der Waals surface area (Å²) in [5.74, 6) is 0.492. The van der Waals surface area contributed by atoms with E-state index < -0.39 is 0 Å². The van der Waals surface area contributed by atoms with Gasteiger partial charge in [0.1, 0.15) is 0 Å². The molecule has 0 amide bonds. The third-order valence-electron chi connectivity index (χ3n) is 3.02. The zero-order valence-electron chi connectivity index (χ0n) is 10.6. The second-order valence-corrected chi connectivity index (χ2v) is 4.44. The molecule has 0 aliphatic rings. The van der Waals surface area contributed by atoms with Crippen molar-refractivity contribution in [1.82, 2.24) is 15.2 Å². The Morgan fingerprint density at radius 3 is 2.74 bits per heavy atom. The highest BCUT2D eigenvalue weighted by atomic mass is 15.2. The molecule has 4 nitrogen and oxygen atoms in total. The van der Waals surface area contributed by atoms with E-state index in [0.717, 1.165) is 22.5 Å². The zero-order valence-corrected chi connectivity index (χ0v) is 10.6. The number of nitrogens with zero attached hydrogens (tertiary/aromatic N) is 2. The minimum absolute atomic E-state index is 0.492. The Labute approximate surface area is 111 Å². The fourth-order valence-corrected chi connectivity index (χ4v) is 2.14. The van der Waals surface area contributed by atoms with Crippen molar-refractivity contribution in [3.05, 3.63) is 54.2 Å². The molecule has 0 aliphatic heterocycles. The maximum atomic E-state index is 5.99. The minimum atomic E-state index is 0.492. The molecule has 0 spiro atoms. The van der Waals surface area contributed by atoms with Gasteiger partial charge in [0.15, 0.2) is 5.82 Å². The minimum Gasteiger partial charge on any atom is -0.382 e. The van der Waals surface area contributed by atoms with Gasteiger partial charge in [-0.15, -0.1) is 0 Å². The van der Waals surface area contributed by atoms with Gasteiger partial charge in [0.25, 0.3) is 0 Å². The van der Waals surface area contributed by atoms with Crippen LogP contribution in [0.25, 0.3) is 22.5 Å². The molecule has 2 heterocycles. The third-order valence-corrected chi connectivity index (χ3v) is 3.02. The van der Waals surface area contributed by atoms with Gasteiger partial charge in [-0.25, -0.2) is 0 Å². The van der Waals surface area contributed by atoms with E-state index in [1.165, 1.54) is 5.56 Å². The molecule has 0 aliphatic carbocycles. The SMILES string of the molecule is Cc1cccc(-c2c(N)n[nH]c2-c2ccccn2)c1. The van der Waals surface area contributed by atoms with E-state index >= 15 is 0 Å². The fraction of sp³-hybridized carbons (Fsp3) is 0.0667. The number of aromatic nitrogens is 3. The second kappa shape index (κ2) is 4.57. The van der Waals surface area contributed by atoms with Gasteiger partial charge in [0.05, 0.1) is 17.0 Å². The largest absolute Gasteiger partial charge is 0.382 e. The van der Waals surface area contributed by atoms with Crippen LogP contribution >= 0.6 is 0 Å². The van der Waals surface area contributed by atoms with E-state index in [0.29, 0.717) is 5.82 Å². The number of pyridine rings is 1. The summed E-state index contributed by atoms with van der Waals surface area (Å²) in [5.41, 5.74) is 10.8. The van der Waals surface area contributed by atoms with Crippen LogP contribution in [-0.4, -0.2) is 15.2 Å². The first-order valence-corrected chi connectivity index (χ1v) is 6.08. The van der Waals surface area contributed by atoms with Crippen molar-refractivity contribution in [2.45, 2.75) is 6.92 Å². The second-order valence-electron chi connectivity index (χ2n) is 4.44. The van der Waals surface area contributed by atoms with Crippen molar-refractivity contribution in [1.29, 1.82) is 0 Å². The highest BCUT2D eigenvalue weighted by molar-refractivity contribution is 5.86. The molecule has 3 rings (SSSR count). The first kappa shape index (κ1) is 11.5. The molecule has 3 N–H and O–H groups in total. The van der Waals surface area contributed by atoms with Crippen molar-refractivity contribution in [2.24, 2.45) is 0 Å². The molecule has 0 bridgehead atoms. The van der Waals surface area contributed by atoms with Crippen LogP contribution in [0.2, 0.25) is 0 Å². The van der Waals surface area contributed by atoms with E-state index in [4.69, 9.17) is 5.73 Å². The number of nitrogens with one attached hydrogen (secondary N) is 1. The van der Waals surface area contributed by atoms with Gasteiger partial charge in [-0.1, -0.05) is 35.9 Å². The van der Waals surface area contributed by atoms with Crippen LogP contribution in [0.3, 0.4) is 0 Å². The summed E-state index contributed by atoms with van der Waals surface area (Å²) < 4.78 is 0. The lowest BCUT2D eigenvalue weighted by atomic mass is 10.0. The lowest BCUT2D eigenvalue weighted by Gasteiger charge is -2.05. The number of hydrogen-bond acceptors (Lipinski definition) is 3. The van der Waals surface area contributed by atoms with Crippen LogP contribution in [0.4, 0.5) is 5.82 Å². The Kier molecular flexibility index (Phi) is 2.76. The number of anilines is 1. The number of benzene rings is 1. The zero-order chi connectivity index (χ0) is 13.2. The fourth-order valence-electron chi connectivity index (χ4n) is 2.14. The van der Waals surface area contributed by atoms with Crippen molar-refractivity contribution < 1.29 is 0 Å². The molecule has 0 unspecified atom stereocenters. The maximum Gasteiger partial charge on any atom is 0.153 e. The molecule has 0 fully saturated rings. The summed E-state index contributed by atoms with van der Waals surface area (Å²) in [5, 5.41) is 7.08. The number of hydrogen-bond donors (Lipinski definition) is 2. The molecule has 0 radical (unpaired) electrons. The molecule has 94 valence electrons. The Bertz CT molecular complexity index is 701. The highest BCUT2D eigenvalue weighted by Gasteiger charge is 2.15. The summed E-state index contributed by atoms with van der Waals surface area (Å²) >= 11 is 0. The summed E-state index contributed by atoms with van der Waals surface area (Å²) in [7, 11) is 0. The molecule has 0 saturated heterocycles. The Morgan fingerprint density at radius 2 is 2.00 bits per heavy atom. The predicted octanol–water partition coefficient (Wildman–Crippen LogP) is 3.03. The van der Waals surface area contributed by atoms with Crippen LogP contribution in [-0.2, 0) is 0 Å². The lowest BCUT2D eigenvalue weighted by Crippen LogP contribution is -1.90. The van der Waals surface area contributed by atoms with E-state index in [9.17, 15) is 0 Å². The van der Waals surface area contributed by atoms with Crippen molar-refractivity contribution >= 4 is 5.82 Å². The van der Waals surface area contributed by atoms with Gasteiger partial charge < -0.3 is 5.73 Å². The molecular weight excluding hydrogens is 236 g/mol. The van der Waals surface area contributed by atoms with E-state index in [-0.39, 0.29) is 0 Å². The monoisotopic (exact) mass is 250 g/mol. The van der Waals surface area contributed by atoms with E-state index in [1.807, 2.05) is 30.3 Å². The summed E-state index contributed by atoms with van der Waals surface area (Å²) in [6.07, 6.45) is 1.76. The molecule has 2 aromatic heterocycles. The third kappa shape index (κ3) is 2.08. The Morgan fingerprint density at radius 1 is 1.11 bits per heavy atom. The smallest absolute Gasteiger partial charge is 0.153 e. The van der Waals surface area contributed by atoms with Crippen molar-refractivity contribution in [2.75, 3.05) is 5.73 Å². The standard InChI is InChI=1S/C15H14N4/c1-10-5-4-6-11(9-10)13-14(18-19-15(13)16)12-7-2-3-8-17-12/h2-9H,1H3,(H3,16,18,19). The molecule has 0 atom stereocenters. The molecule has 3 aromatic rings. The molecule has 19 heavy (non-hydrogen) atoms. The van der Waals surface area contributed by atoms with Crippen molar-refractivity contribution in [3.63, 3.8) is 0 Å². The van der Waals surface area contributed by atoms with Gasteiger partial charge in [0, 0.05) is 6.20 Å². The normalized spacial score (nSPS) is 10.6. The number of H-pyrrole nitrogens is 1. The number of aromatic amines is 1. The summed E-state index contributed by atoms with van der Waals surface area (Å²) in [4.78, 5) is 4.34. The van der Waals surface area contributed by atoms with Gasteiger partial charge in [-0.2, -0.15) is 5.10 Å². The number of nitrogen functional groups attached to an aromatic ring is 1. The van der Waals surface area contributed by atoms with Crippen LogP contribution in [0.5, 0.6) is 0 Å². The van der Waals surface area contributed by atoms with Crippen LogP contribution in [0.1, 0.15) is 5.56 Å². The average molecular weight is 250 g/mol. The van der Waals surface area contributed by atoms with E-state index in [2.05, 4.69) is 34.2 Å². The first-order chi connectivity index (χ1) is 9.25. The topological polar surface area (TPSA) is 67.6 Å². The average Bonchev–Trinajstić information content (AvgIpc) is 2.82. The van der Waals surface area contributed by atoms with E-state index in [1.54, 1.807) is 6.20 Å². The molecule has 0 saturated carbocycles. The molecule has 4 heteroatoms. The van der Waals surface area contributed by atoms with Gasteiger partial charge in [-0.3, -0.25) is 10.1 Å². The summed E-state index contributed by atoms with van der Waals surface area (Å²) in [6, 6.07) is 14.0. The van der Waals surface area contributed by atoms with Crippen molar-refractivity contribution in [3.8, 4) is 22.5 Å². The Hall–Kier alpha value is -2.62. The van der Waals surface area contributed by atoms with Crippen LogP contribution < -0.4 is 5.73 Å². The first-order valence-electron chi connectivity index (χ1n) is 6.08. The predicted molar refractivity (Wildman–Crippen MR) is 76.4 cm³/mol. The van der Waals surface area contributed by atoms with Crippen LogP contribution in [0, 0.1) is 6.92 Å². The van der Waals surface area contributed by atoms with Gasteiger partial charge in [-0.05, 0) is 24.6 Å². The number of aryl methyl sites for hydroxylation is 1. The number of rotatable bonds is 2. The highest BCUT2D eigenvalue weighted by Crippen LogP contribution is 2.33. The van der Waals surface area contributed by atoms with Crippen LogP contribution in [0.15, 0.2) is 48.7 Å². The molecular formula is C15H14N4. The quantitative estimate of drug-likeness (QED) is 0.734. The summed E-state index contributed by atoms with van der Waals surface area (Å²) in [6.45, 7) is 2.06. The lowest BCUT2D eigenvalue weighted by molar-refractivity contribution is 1.09. The maximum absolute atomic E-state index is 5.99. The molecule has 1 aromatic carbocycles. The Balaban J connectivity index is 2.20. The van der Waals surface area contributed by atoms with Gasteiger partial charge >= 0.3 is 0 Å². The number of nitrogens with two attached hydrogens (primary N) is 1. The van der Waals surface area contributed by atoms with Gasteiger partial charge in [0.2, 0.25) is 0 Å².